The molecule has 24 heavy (non-hydrogen) atoms. The number of imidazole rings is 1. The highest BCUT2D eigenvalue weighted by Crippen LogP contribution is 2.38. The molecule has 1 fully saturated rings. The van der Waals surface area contributed by atoms with Crippen molar-refractivity contribution in [3.63, 3.8) is 0 Å². The molecule has 1 aliphatic rings. The minimum Gasteiger partial charge on any atom is -0.299 e. The van der Waals surface area contributed by atoms with E-state index in [0.717, 1.165) is 5.56 Å². The van der Waals surface area contributed by atoms with Crippen molar-refractivity contribution in [2.45, 2.75) is 25.2 Å². The summed E-state index contributed by atoms with van der Waals surface area (Å²) >= 11 is 0. The van der Waals surface area contributed by atoms with E-state index in [4.69, 9.17) is 0 Å². The zero-order valence-corrected chi connectivity index (χ0v) is 13.9. The lowest BCUT2D eigenvalue weighted by molar-refractivity contribution is 0.112. The monoisotopic (exact) mass is 349 g/mol. The fraction of sp³-hybridized carbons (Fsp3) is 0.375. The summed E-state index contributed by atoms with van der Waals surface area (Å²) in [6.07, 6.45) is 3.44. The van der Waals surface area contributed by atoms with Gasteiger partial charge in [0.1, 0.15) is 21.2 Å². The number of hydrogen-bond acceptors (Lipinski definition) is 4. The van der Waals surface area contributed by atoms with Crippen LogP contribution in [0.2, 0.25) is 0 Å². The molecule has 1 saturated heterocycles. The third-order valence-corrected chi connectivity index (χ3v) is 6.68. The number of H-pyrrole nitrogens is 1. The molecule has 1 aliphatic heterocycles. The summed E-state index contributed by atoms with van der Waals surface area (Å²) in [5, 5.41) is 3.07. The summed E-state index contributed by atoms with van der Waals surface area (Å²) in [4.78, 5) is 15.8. The van der Waals surface area contributed by atoms with E-state index in [0.29, 0.717) is 35.8 Å². The first-order valence-electron chi connectivity index (χ1n) is 7.68. The van der Waals surface area contributed by atoms with Crippen LogP contribution in [0.3, 0.4) is 0 Å². The van der Waals surface area contributed by atoms with Gasteiger partial charge in [0.25, 0.3) is 0 Å². The number of aromatic nitrogens is 3. The molecule has 0 unspecified atom stereocenters. The fourth-order valence-corrected chi connectivity index (χ4v) is 5.22. The number of nitrogens with zero attached hydrogens (tertiary/aromatic N) is 2. The maximum atomic E-state index is 13.6. The molecule has 0 aliphatic carbocycles. The third kappa shape index (κ3) is 2.16. The average molecular weight is 349 g/mol. The number of aromatic amines is 1. The van der Waals surface area contributed by atoms with Gasteiger partial charge in [-0.25, -0.2) is 22.3 Å². The van der Waals surface area contributed by atoms with E-state index in [2.05, 4.69) is 10.1 Å². The molecule has 126 valence electrons. The summed E-state index contributed by atoms with van der Waals surface area (Å²) in [7, 11) is -2.97. The van der Waals surface area contributed by atoms with Crippen LogP contribution in [0.15, 0.2) is 18.3 Å². The van der Waals surface area contributed by atoms with Gasteiger partial charge in [0, 0.05) is 23.4 Å². The van der Waals surface area contributed by atoms with Crippen molar-refractivity contribution in [1.82, 2.24) is 14.6 Å². The van der Waals surface area contributed by atoms with Crippen molar-refractivity contribution < 1.29 is 17.6 Å². The Morgan fingerprint density at radius 1 is 1.33 bits per heavy atom. The topological polar surface area (TPSA) is 84.3 Å². The van der Waals surface area contributed by atoms with E-state index in [-0.39, 0.29) is 22.5 Å². The van der Waals surface area contributed by atoms with E-state index in [9.17, 15) is 17.6 Å². The van der Waals surface area contributed by atoms with E-state index in [1.54, 1.807) is 10.7 Å². The maximum Gasteiger partial charge on any atom is 0.157 e. The van der Waals surface area contributed by atoms with Crippen LogP contribution in [0.4, 0.5) is 4.39 Å². The van der Waals surface area contributed by atoms with Crippen LogP contribution in [-0.4, -0.2) is 40.8 Å². The molecule has 0 spiro atoms. The van der Waals surface area contributed by atoms with E-state index >= 15 is 0 Å². The zero-order chi connectivity index (χ0) is 17.1. The first kappa shape index (κ1) is 15.3. The number of sulfone groups is 1. The Morgan fingerprint density at radius 3 is 2.71 bits per heavy atom. The lowest BCUT2D eigenvalue weighted by Gasteiger charge is -2.32. The minimum atomic E-state index is -2.97. The standard InChI is InChI=1S/C16H16FN3O3S/c1-16(2-4-24(22,23)5-3-16)12-8-18-20-14-10(9-21)6-11(17)7-13(14)19-15(12)20/h6-9,18H,2-5H2,1H3. The number of carbonyl (C=O) groups is 1. The summed E-state index contributed by atoms with van der Waals surface area (Å²) in [6, 6.07) is 2.47. The van der Waals surface area contributed by atoms with Gasteiger partial charge < -0.3 is 0 Å². The molecule has 8 heteroatoms. The normalized spacial score (nSPS) is 19.8. The second-order valence-corrected chi connectivity index (χ2v) is 8.95. The maximum absolute atomic E-state index is 13.6. The Bertz CT molecular complexity index is 1070. The van der Waals surface area contributed by atoms with E-state index in [1.165, 1.54) is 12.1 Å². The SMILES string of the molecule is CC1(c2c[nH]n3c2nc2cc(F)cc(C=O)c23)CCS(=O)(=O)CC1. The van der Waals surface area contributed by atoms with E-state index in [1.807, 2.05) is 6.92 Å². The van der Waals surface area contributed by atoms with Crippen molar-refractivity contribution in [2.24, 2.45) is 0 Å². The Labute approximate surface area is 137 Å². The molecule has 1 N–H and O–H groups in total. The molecule has 2 aromatic heterocycles. The minimum absolute atomic E-state index is 0.148. The Hall–Kier alpha value is -2.22. The van der Waals surface area contributed by atoms with Crippen LogP contribution in [0.5, 0.6) is 0 Å². The van der Waals surface area contributed by atoms with Crippen molar-refractivity contribution in [3.8, 4) is 0 Å². The van der Waals surface area contributed by atoms with Gasteiger partial charge in [-0.2, -0.15) is 0 Å². The zero-order valence-electron chi connectivity index (χ0n) is 13.0. The fourth-order valence-electron chi connectivity index (χ4n) is 3.50. The predicted molar refractivity (Wildman–Crippen MR) is 87.6 cm³/mol. The third-order valence-electron chi connectivity index (χ3n) is 5.03. The quantitative estimate of drug-likeness (QED) is 0.719. The first-order valence-corrected chi connectivity index (χ1v) is 9.50. The second-order valence-electron chi connectivity index (χ2n) is 6.65. The second kappa shape index (κ2) is 4.89. The highest BCUT2D eigenvalue weighted by molar-refractivity contribution is 7.91. The number of halogens is 1. The van der Waals surface area contributed by atoms with Gasteiger partial charge in [-0.1, -0.05) is 6.92 Å². The molecule has 0 saturated carbocycles. The van der Waals surface area contributed by atoms with Crippen LogP contribution >= 0.6 is 0 Å². The van der Waals surface area contributed by atoms with Crippen molar-refractivity contribution in [3.05, 3.63) is 35.3 Å². The summed E-state index contributed by atoms with van der Waals surface area (Å²) < 4.78 is 38.8. The largest absolute Gasteiger partial charge is 0.299 e. The lowest BCUT2D eigenvalue weighted by atomic mass is 9.79. The van der Waals surface area contributed by atoms with Gasteiger partial charge in [0.15, 0.2) is 11.9 Å². The van der Waals surface area contributed by atoms with Crippen LogP contribution in [0.25, 0.3) is 16.7 Å². The number of aldehydes is 1. The molecule has 0 radical (unpaired) electrons. The molecule has 0 bridgehead atoms. The van der Waals surface area contributed by atoms with Gasteiger partial charge in [-0.3, -0.25) is 9.89 Å². The number of carbonyl (C=O) groups excluding carboxylic acids is 1. The first-order chi connectivity index (χ1) is 11.3. The molecule has 4 rings (SSSR count). The molecule has 1 aromatic carbocycles. The molecule has 3 heterocycles. The predicted octanol–water partition coefficient (Wildman–Crippen LogP) is 2.23. The van der Waals surface area contributed by atoms with Crippen LogP contribution in [0.1, 0.15) is 35.7 Å². The lowest BCUT2D eigenvalue weighted by Crippen LogP contribution is -2.34. The molecule has 0 atom stereocenters. The number of hydrogen-bond donors (Lipinski definition) is 1. The molecule has 0 amide bonds. The molecular weight excluding hydrogens is 333 g/mol. The van der Waals surface area contributed by atoms with Gasteiger partial charge in [-0.15, -0.1) is 0 Å². The average Bonchev–Trinajstić information content (AvgIpc) is 3.08. The van der Waals surface area contributed by atoms with Crippen molar-refractivity contribution >= 4 is 32.8 Å². The molecule has 6 nitrogen and oxygen atoms in total. The number of benzene rings is 1. The van der Waals surface area contributed by atoms with E-state index < -0.39 is 15.7 Å². The number of fused-ring (bicyclic) bond motifs is 3. The summed E-state index contributed by atoms with van der Waals surface area (Å²) in [5.41, 5.74) is 2.33. The van der Waals surface area contributed by atoms with Gasteiger partial charge >= 0.3 is 0 Å². The smallest absolute Gasteiger partial charge is 0.157 e. The summed E-state index contributed by atoms with van der Waals surface area (Å²) in [6.45, 7) is 2.02. The van der Waals surface area contributed by atoms with Crippen molar-refractivity contribution in [1.29, 1.82) is 0 Å². The highest BCUT2D eigenvalue weighted by Gasteiger charge is 2.37. The summed E-state index contributed by atoms with van der Waals surface area (Å²) in [5.74, 6) is -0.216. The van der Waals surface area contributed by atoms with Crippen LogP contribution < -0.4 is 0 Å². The molecule has 3 aromatic rings. The van der Waals surface area contributed by atoms with Crippen LogP contribution in [0, 0.1) is 5.82 Å². The van der Waals surface area contributed by atoms with Gasteiger partial charge in [0.2, 0.25) is 0 Å². The number of rotatable bonds is 2. The van der Waals surface area contributed by atoms with Crippen LogP contribution in [-0.2, 0) is 15.3 Å². The Kier molecular flexibility index (Phi) is 3.12. The Balaban J connectivity index is 1.92. The van der Waals surface area contributed by atoms with Crippen molar-refractivity contribution in [2.75, 3.05) is 11.5 Å². The van der Waals surface area contributed by atoms with Gasteiger partial charge in [-0.05, 0) is 24.3 Å². The number of nitrogens with one attached hydrogen (secondary N) is 1. The molecular formula is C16H16FN3O3S. The highest BCUT2D eigenvalue weighted by atomic mass is 32.2. The van der Waals surface area contributed by atoms with Gasteiger partial charge in [0.05, 0.1) is 17.0 Å². The Morgan fingerprint density at radius 2 is 2.04 bits per heavy atom.